The normalized spacial score (nSPS) is 21.0. The standard InChI is InChI=1S/C31H42FN5O10S/c1-6-12-31(5,27(41)35-48(44,45)20-10-11-20)34-25(39)24-13-19(46-29(43)36-14-18-8-7-9-22(32)21(18)16-36)15-37(24)26(40)23(17-38)33-28(42)47-30(2,3)4/h6-9,19-20,23-24,38H,1,10-17H2,2-5H3,(H,33,42)(H,34,39)(H,35,41)/t19?,23-,24-,31+/m0/s1. The first-order valence-electron chi connectivity index (χ1n) is 15.5. The van der Waals surface area contributed by atoms with Crippen molar-refractivity contribution in [1.29, 1.82) is 0 Å². The van der Waals surface area contributed by atoms with Gasteiger partial charge in [-0.1, -0.05) is 18.2 Å². The third-order valence-corrected chi connectivity index (χ3v) is 9.94. The topological polar surface area (TPSA) is 201 Å². The molecule has 2 heterocycles. The average molecular weight is 696 g/mol. The second-order valence-corrected chi connectivity index (χ2v) is 15.3. The molecule has 264 valence electrons. The molecular formula is C31H42FN5O10S. The zero-order chi connectivity index (χ0) is 35.6. The molecule has 0 radical (unpaired) electrons. The van der Waals surface area contributed by atoms with Gasteiger partial charge in [-0.15, -0.1) is 6.58 Å². The van der Waals surface area contributed by atoms with Crippen molar-refractivity contribution in [2.45, 2.75) is 101 Å². The zero-order valence-corrected chi connectivity index (χ0v) is 28.1. The highest BCUT2D eigenvalue weighted by Crippen LogP contribution is 2.30. The van der Waals surface area contributed by atoms with Crippen LogP contribution in [-0.4, -0.2) is 101 Å². The molecule has 4 N–H and O–H groups in total. The van der Waals surface area contributed by atoms with Gasteiger partial charge in [0.15, 0.2) is 0 Å². The number of ether oxygens (including phenoxy) is 2. The lowest BCUT2D eigenvalue weighted by Crippen LogP contribution is -2.62. The van der Waals surface area contributed by atoms with Crippen molar-refractivity contribution >= 4 is 39.9 Å². The van der Waals surface area contributed by atoms with Crippen LogP contribution in [0.1, 0.15) is 64.5 Å². The number of hydrogen-bond donors (Lipinski definition) is 4. The fourth-order valence-electron chi connectivity index (χ4n) is 5.49. The largest absolute Gasteiger partial charge is 0.444 e. The smallest absolute Gasteiger partial charge is 0.410 e. The lowest BCUT2D eigenvalue weighted by Gasteiger charge is -2.32. The fourth-order valence-corrected chi connectivity index (χ4v) is 6.89. The number of hydrogen-bond acceptors (Lipinski definition) is 10. The molecule has 0 bridgehead atoms. The van der Waals surface area contributed by atoms with Crippen molar-refractivity contribution in [3.05, 3.63) is 47.8 Å². The minimum absolute atomic E-state index is 0.0503. The predicted molar refractivity (Wildman–Crippen MR) is 168 cm³/mol. The maximum absolute atomic E-state index is 14.3. The number of benzene rings is 1. The highest BCUT2D eigenvalue weighted by Gasteiger charge is 2.48. The third-order valence-electron chi connectivity index (χ3n) is 8.12. The van der Waals surface area contributed by atoms with Gasteiger partial charge in [0.25, 0.3) is 5.91 Å². The van der Waals surface area contributed by atoms with Crippen LogP contribution < -0.4 is 15.4 Å². The van der Waals surface area contributed by atoms with Gasteiger partial charge in [-0.25, -0.2) is 22.4 Å². The zero-order valence-electron chi connectivity index (χ0n) is 27.3. The maximum Gasteiger partial charge on any atom is 0.410 e. The minimum atomic E-state index is -3.97. The summed E-state index contributed by atoms with van der Waals surface area (Å²) in [5.74, 6) is -3.29. The van der Waals surface area contributed by atoms with E-state index >= 15 is 0 Å². The van der Waals surface area contributed by atoms with Crippen LogP contribution >= 0.6 is 0 Å². The highest BCUT2D eigenvalue weighted by molar-refractivity contribution is 7.90. The van der Waals surface area contributed by atoms with Crippen LogP contribution in [-0.2, 0) is 47.0 Å². The molecule has 4 rings (SSSR count). The molecule has 1 aliphatic carbocycles. The Balaban J connectivity index is 1.54. The first-order chi connectivity index (χ1) is 22.4. The molecule has 15 nitrogen and oxygen atoms in total. The van der Waals surface area contributed by atoms with Gasteiger partial charge in [-0.2, -0.15) is 0 Å². The van der Waals surface area contributed by atoms with Gasteiger partial charge >= 0.3 is 12.2 Å². The van der Waals surface area contributed by atoms with E-state index in [-0.39, 0.29) is 32.5 Å². The van der Waals surface area contributed by atoms with Gasteiger partial charge in [-0.3, -0.25) is 24.0 Å². The number of carbonyl (C=O) groups excluding carboxylic acids is 5. The van der Waals surface area contributed by atoms with Crippen molar-refractivity contribution in [1.82, 2.24) is 25.2 Å². The third kappa shape index (κ3) is 8.61. The summed E-state index contributed by atoms with van der Waals surface area (Å²) in [5, 5.41) is 14.1. The number of nitrogens with zero attached hydrogens (tertiary/aromatic N) is 2. The Bertz CT molecular complexity index is 1580. The van der Waals surface area contributed by atoms with E-state index in [2.05, 4.69) is 17.2 Å². The van der Waals surface area contributed by atoms with Crippen LogP contribution in [0.4, 0.5) is 14.0 Å². The summed E-state index contributed by atoms with van der Waals surface area (Å²) in [7, 11) is -3.97. The van der Waals surface area contributed by atoms with Crippen LogP contribution in [0.5, 0.6) is 0 Å². The number of halogens is 1. The molecule has 2 aliphatic heterocycles. The van der Waals surface area contributed by atoms with E-state index in [1.807, 2.05) is 4.72 Å². The molecule has 0 spiro atoms. The van der Waals surface area contributed by atoms with Crippen LogP contribution in [0.25, 0.3) is 0 Å². The van der Waals surface area contributed by atoms with Crippen LogP contribution in [0.15, 0.2) is 30.9 Å². The van der Waals surface area contributed by atoms with Crippen molar-refractivity contribution in [3.8, 4) is 0 Å². The van der Waals surface area contributed by atoms with Gasteiger partial charge in [0.1, 0.15) is 35.1 Å². The number of rotatable bonds is 11. The van der Waals surface area contributed by atoms with Gasteiger partial charge in [0, 0.05) is 18.5 Å². The maximum atomic E-state index is 14.3. The molecule has 1 saturated heterocycles. The second-order valence-electron chi connectivity index (χ2n) is 13.4. The SMILES string of the molecule is C=CC[C@@](C)(NC(=O)[C@@H]1CC(OC(=O)N2Cc3cccc(F)c3C2)CN1C(=O)[C@H](CO)NC(=O)OC(C)(C)C)C(=O)NS(=O)(=O)C1CC1. The van der Waals surface area contributed by atoms with Crippen molar-refractivity contribution in [2.24, 2.45) is 0 Å². The highest BCUT2D eigenvalue weighted by atomic mass is 32.2. The van der Waals surface area contributed by atoms with Crippen molar-refractivity contribution in [3.63, 3.8) is 0 Å². The van der Waals surface area contributed by atoms with Gasteiger partial charge in [0.2, 0.25) is 21.8 Å². The summed E-state index contributed by atoms with van der Waals surface area (Å²) in [6.07, 6.45) is -1.23. The molecule has 1 unspecified atom stereocenters. The minimum Gasteiger partial charge on any atom is -0.444 e. The molecule has 17 heteroatoms. The van der Waals surface area contributed by atoms with Crippen LogP contribution in [0.3, 0.4) is 0 Å². The molecule has 3 aliphatic rings. The van der Waals surface area contributed by atoms with E-state index in [0.717, 1.165) is 4.90 Å². The Morgan fingerprint density at radius 3 is 2.42 bits per heavy atom. The van der Waals surface area contributed by atoms with E-state index in [9.17, 15) is 41.9 Å². The average Bonchev–Trinajstić information content (AvgIpc) is 3.63. The summed E-state index contributed by atoms with van der Waals surface area (Å²) < 4.78 is 52.1. The van der Waals surface area contributed by atoms with Crippen molar-refractivity contribution < 1.29 is 51.4 Å². The van der Waals surface area contributed by atoms with Crippen LogP contribution in [0, 0.1) is 5.82 Å². The Morgan fingerprint density at radius 2 is 1.83 bits per heavy atom. The van der Waals surface area contributed by atoms with Gasteiger partial charge in [-0.05, 0) is 58.6 Å². The number of likely N-dealkylation sites (tertiary alicyclic amines) is 1. The molecule has 5 amide bonds. The number of aliphatic hydroxyl groups is 1. The summed E-state index contributed by atoms with van der Waals surface area (Å²) in [6.45, 7) is 8.51. The van der Waals surface area contributed by atoms with Crippen molar-refractivity contribution in [2.75, 3.05) is 13.2 Å². The molecule has 1 aromatic rings. The van der Waals surface area contributed by atoms with E-state index in [0.29, 0.717) is 24.0 Å². The molecular weight excluding hydrogens is 653 g/mol. The number of fused-ring (bicyclic) bond motifs is 1. The first-order valence-corrected chi connectivity index (χ1v) is 17.0. The molecule has 1 saturated carbocycles. The molecule has 48 heavy (non-hydrogen) atoms. The molecule has 0 aromatic heterocycles. The van der Waals surface area contributed by atoms with Crippen LogP contribution in [0.2, 0.25) is 0 Å². The van der Waals surface area contributed by atoms with E-state index in [4.69, 9.17) is 9.47 Å². The Morgan fingerprint density at radius 1 is 1.15 bits per heavy atom. The summed E-state index contributed by atoms with van der Waals surface area (Å²) >= 11 is 0. The Kier molecular flexibility index (Phi) is 10.7. The monoisotopic (exact) mass is 695 g/mol. The number of nitrogens with one attached hydrogen (secondary N) is 3. The lowest BCUT2D eigenvalue weighted by atomic mass is 9.96. The van der Waals surface area contributed by atoms with E-state index < -0.39 is 86.9 Å². The number of amides is 5. The quantitative estimate of drug-likeness (QED) is 0.244. The van der Waals surface area contributed by atoms with Gasteiger partial charge < -0.3 is 30.1 Å². The summed E-state index contributed by atoms with van der Waals surface area (Å²) in [5.41, 5.74) is -1.79. The summed E-state index contributed by atoms with van der Waals surface area (Å²) in [6, 6.07) is 1.53. The number of alkyl carbamates (subject to hydrolysis) is 1. The van der Waals surface area contributed by atoms with Gasteiger partial charge in [0.05, 0.1) is 24.9 Å². The van der Waals surface area contributed by atoms with E-state index in [1.165, 1.54) is 30.0 Å². The predicted octanol–water partition coefficient (Wildman–Crippen LogP) is 1.19. The Hall–Kier alpha value is -4.25. The first kappa shape index (κ1) is 36.6. The number of aliphatic hydroxyl groups excluding tert-OH is 1. The Labute approximate surface area is 278 Å². The fraction of sp³-hybridized carbons (Fsp3) is 0.581. The molecule has 4 atom stereocenters. The molecule has 1 aromatic carbocycles. The second kappa shape index (κ2) is 14.1. The number of carbonyl (C=O) groups is 5. The number of sulfonamides is 1. The summed E-state index contributed by atoms with van der Waals surface area (Å²) in [4.78, 5) is 68.6. The lowest BCUT2D eigenvalue weighted by molar-refractivity contribution is -0.142. The molecule has 2 fully saturated rings. The van der Waals surface area contributed by atoms with E-state index in [1.54, 1.807) is 26.8 Å².